The zero-order valence-corrected chi connectivity index (χ0v) is 17.0. The molecule has 0 aliphatic heterocycles. The third-order valence-corrected chi connectivity index (χ3v) is 5.02. The van der Waals surface area contributed by atoms with E-state index in [-0.39, 0.29) is 30.9 Å². The normalized spacial score (nSPS) is 12.2. The van der Waals surface area contributed by atoms with Gasteiger partial charge in [-0.2, -0.15) is 13.2 Å². The van der Waals surface area contributed by atoms with Gasteiger partial charge in [-0.05, 0) is 67.1 Å². The first kappa shape index (κ1) is 24.3. The molecule has 0 saturated heterocycles. The van der Waals surface area contributed by atoms with Gasteiger partial charge >= 0.3 is 6.18 Å². The number of rotatable bonds is 10. The molecule has 0 atom stereocenters. The van der Waals surface area contributed by atoms with Gasteiger partial charge in [0.25, 0.3) is 0 Å². The number of phenols is 1. The summed E-state index contributed by atoms with van der Waals surface area (Å²) in [6, 6.07) is 8.36. The van der Waals surface area contributed by atoms with Crippen LogP contribution in [-0.4, -0.2) is 40.7 Å². The van der Waals surface area contributed by atoms with Crippen LogP contribution in [0.4, 0.5) is 13.2 Å². The quantitative estimate of drug-likeness (QED) is 0.417. The Bertz CT molecular complexity index is 841. The SMILES string of the molecule is NC(CO)(CO)CCc1ccc(OCCCc2cc(Cl)ccc2O)c(C(F)(F)F)c1. The van der Waals surface area contributed by atoms with Crippen molar-refractivity contribution >= 4 is 11.6 Å². The number of ether oxygens (including phenoxy) is 1. The summed E-state index contributed by atoms with van der Waals surface area (Å²) in [6.45, 7) is -0.923. The van der Waals surface area contributed by atoms with E-state index in [0.29, 0.717) is 29.0 Å². The fourth-order valence-electron chi connectivity index (χ4n) is 2.88. The highest BCUT2D eigenvalue weighted by Crippen LogP contribution is 2.37. The Morgan fingerprint density at radius 2 is 1.70 bits per heavy atom. The lowest BCUT2D eigenvalue weighted by atomic mass is 9.93. The molecule has 30 heavy (non-hydrogen) atoms. The van der Waals surface area contributed by atoms with Crippen molar-refractivity contribution in [2.75, 3.05) is 19.8 Å². The van der Waals surface area contributed by atoms with Gasteiger partial charge < -0.3 is 25.8 Å². The number of benzene rings is 2. The molecule has 0 aliphatic rings. The monoisotopic (exact) mass is 447 g/mol. The van der Waals surface area contributed by atoms with Crippen LogP contribution in [0.15, 0.2) is 36.4 Å². The number of aromatic hydroxyl groups is 1. The van der Waals surface area contributed by atoms with Gasteiger partial charge in [0.1, 0.15) is 11.5 Å². The molecule has 2 rings (SSSR count). The molecule has 0 radical (unpaired) electrons. The third kappa shape index (κ3) is 6.77. The van der Waals surface area contributed by atoms with Crippen LogP contribution in [0.5, 0.6) is 11.5 Å². The second-order valence-corrected chi connectivity index (χ2v) is 7.67. The molecule has 9 heteroatoms. The van der Waals surface area contributed by atoms with E-state index >= 15 is 0 Å². The van der Waals surface area contributed by atoms with Crippen LogP contribution < -0.4 is 10.5 Å². The molecule has 0 saturated carbocycles. The van der Waals surface area contributed by atoms with E-state index in [9.17, 15) is 28.5 Å². The topological polar surface area (TPSA) is 95.9 Å². The summed E-state index contributed by atoms with van der Waals surface area (Å²) < 4.78 is 45.8. The van der Waals surface area contributed by atoms with E-state index in [4.69, 9.17) is 22.1 Å². The van der Waals surface area contributed by atoms with E-state index in [1.54, 1.807) is 12.1 Å². The lowest BCUT2D eigenvalue weighted by molar-refractivity contribution is -0.139. The second kappa shape index (κ2) is 10.3. The standard InChI is InChI=1S/C21H25ClF3NO4/c22-16-4-5-18(29)15(11-16)2-1-9-30-19-6-3-14(10-17(19)21(23,24)25)7-8-20(26,12-27)13-28/h3-6,10-11,27-29H,1-2,7-9,12-13,26H2. The number of alkyl halides is 3. The van der Waals surface area contributed by atoms with Crippen LogP contribution in [0.2, 0.25) is 5.02 Å². The average molecular weight is 448 g/mol. The number of phenolic OH excluding ortho intramolecular Hbond substituents is 1. The van der Waals surface area contributed by atoms with Crippen molar-refractivity contribution in [2.24, 2.45) is 5.73 Å². The minimum atomic E-state index is -4.61. The Kier molecular flexibility index (Phi) is 8.37. The molecular formula is C21H25ClF3NO4. The molecule has 0 aliphatic carbocycles. The average Bonchev–Trinajstić information content (AvgIpc) is 2.71. The smallest absolute Gasteiger partial charge is 0.419 e. The molecule has 0 heterocycles. The minimum absolute atomic E-state index is 0.0231. The summed E-state index contributed by atoms with van der Waals surface area (Å²) in [6.07, 6.45) is -3.54. The highest BCUT2D eigenvalue weighted by atomic mass is 35.5. The number of hydrogen-bond donors (Lipinski definition) is 4. The second-order valence-electron chi connectivity index (χ2n) is 7.23. The molecule has 0 fully saturated rings. The Hall–Kier alpha value is -2.00. The Labute approximate surface area is 177 Å². The highest BCUT2D eigenvalue weighted by molar-refractivity contribution is 6.30. The van der Waals surface area contributed by atoms with Gasteiger partial charge in [-0.25, -0.2) is 0 Å². The summed E-state index contributed by atoms with van der Waals surface area (Å²) in [7, 11) is 0. The minimum Gasteiger partial charge on any atom is -0.508 e. The molecule has 2 aromatic carbocycles. The van der Waals surface area contributed by atoms with E-state index in [2.05, 4.69) is 0 Å². The number of hydrogen-bond acceptors (Lipinski definition) is 5. The van der Waals surface area contributed by atoms with Crippen molar-refractivity contribution in [1.29, 1.82) is 0 Å². The van der Waals surface area contributed by atoms with Crippen LogP contribution in [0.25, 0.3) is 0 Å². The summed E-state index contributed by atoms with van der Waals surface area (Å²) in [5.41, 5.74) is 4.59. The number of aliphatic hydroxyl groups is 2. The van der Waals surface area contributed by atoms with Crippen molar-refractivity contribution in [3.05, 3.63) is 58.1 Å². The van der Waals surface area contributed by atoms with Crippen LogP contribution in [-0.2, 0) is 19.0 Å². The van der Waals surface area contributed by atoms with Gasteiger partial charge in [0.05, 0.1) is 30.9 Å². The van der Waals surface area contributed by atoms with Crippen molar-refractivity contribution in [3.63, 3.8) is 0 Å². The Balaban J connectivity index is 2.03. The van der Waals surface area contributed by atoms with E-state index in [0.717, 1.165) is 6.07 Å². The largest absolute Gasteiger partial charge is 0.508 e. The van der Waals surface area contributed by atoms with E-state index < -0.39 is 30.5 Å². The van der Waals surface area contributed by atoms with Gasteiger partial charge in [0.2, 0.25) is 0 Å². The fraction of sp³-hybridized carbons (Fsp3) is 0.429. The first-order valence-electron chi connectivity index (χ1n) is 9.39. The van der Waals surface area contributed by atoms with Crippen LogP contribution in [0.1, 0.15) is 29.5 Å². The maximum atomic E-state index is 13.5. The van der Waals surface area contributed by atoms with Crippen molar-refractivity contribution in [2.45, 2.75) is 37.4 Å². The zero-order valence-electron chi connectivity index (χ0n) is 16.3. The van der Waals surface area contributed by atoms with Crippen LogP contribution in [0.3, 0.4) is 0 Å². The molecule has 5 nitrogen and oxygen atoms in total. The van der Waals surface area contributed by atoms with Gasteiger partial charge in [0.15, 0.2) is 0 Å². The van der Waals surface area contributed by atoms with Crippen molar-refractivity contribution in [1.82, 2.24) is 0 Å². The zero-order chi connectivity index (χ0) is 22.4. The highest BCUT2D eigenvalue weighted by Gasteiger charge is 2.35. The predicted molar refractivity (Wildman–Crippen MR) is 108 cm³/mol. The van der Waals surface area contributed by atoms with Gasteiger partial charge in [-0.3, -0.25) is 0 Å². The van der Waals surface area contributed by atoms with Crippen molar-refractivity contribution in [3.8, 4) is 11.5 Å². The van der Waals surface area contributed by atoms with Crippen LogP contribution >= 0.6 is 11.6 Å². The van der Waals surface area contributed by atoms with E-state index in [1.165, 1.54) is 18.2 Å². The van der Waals surface area contributed by atoms with Gasteiger partial charge in [-0.15, -0.1) is 0 Å². The van der Waals surface area contributed by atoms with Gasteiger partial charge in [-0.1, -0.05) is 17.7 Å². The molecule has 0 amide bonds. The summed E-state index contributed by atoms with van der Waals surface area (Å²) in [5, 5.41) is 28.7. The molecule has 0 spiro atoms. The number of aryl methyl sites for hydroxylation is 2. The van der Waals surface area contributed by atoms with Crippen LogP contribution in [0, 0.1) is 0 Å². The molecule has 0 bridgehead atoms. The van der Waals surface area contributed by atoms with E-state index in [1.807, 2.05) is 0 Å². The summed E-state index contributed by atoms with van der Waals surface area (Å²) >= 11 is 5.88. The first-order valence-corrected chi connectivity index (χ1v) is 9.77. The number of nitrogens with two attached hydrogens (primary N) is 1. The molecular weight excluding hydrogens is 423 g/mol. The predicted octanol–water partition coefficient (Wildman–Crippen LogP) is 3.69. The summed E-state index contributed by atoms with van der Waals surface area (Å²) in [5.74, 6) is -0.216. The number of aliphatic hydroxyl groups excluding tert-OH is 2. The third-order valence-electron chi connectivity index (χ3n) is 4.78. The summed E-state index contributed by atoms with van der Waals surface area (Å²) in [4.78, 5) is 0. The Morgan fingerprint density at radius 3 is 2.33 bits per heavy atom. The van der Waals surface area contributed by atoms with Gasteiger partial charge in [0, 0.05) is 5.02 Å². The Morgan fingerprint density at radius 1 is 1.00 bits per heavy atom. The maximum Gasteiger partial charge on any atom is 0.419 e. The lowest BCUT2D eigenvalue weighted by Gasteiger charge is -2.24. The fourth-order valence-corrected chi connectivity index (χ4v) is 3.08. The molecule has 0 unspecified atom stereocenters. The molecule has 2 aromatic rings. The number of halogens is 4. The maximum absolute atomic E-state index is 13.5. The molecule has 0 aromatic heterocycles. The van der Waals surface area contributed by atoms with Crippen molar-refractivity contribution < 1.29 is 33.2 Å². The molecule has 166 valence electrons. The molecule has 5 N–H and O–H groups in total. The first-order chi connectivity index (χ1) is 14.1. The lowest BCUT2D eigenvalue weighted by Crippen LogP contribution is -2.47.